The van der Waals surface area contributed by atoms with Crippen molar-refractivity contribution in [3.8, 4) is 0 Å². The lowest BCUT2D eigenvalue weighted by atomic mass is 10.1. The van der Waals surface area contributed by atoms with Gasteiger partial charge in [0.15, 0.2) is 0 Å². The summed E-state index contributed by atoms with van der Waals surface area (Å²) in [6.45, 7) is 4.91. The summed E-state index contributed by atoms with van der Waals surface area (Å²) in [4.78, 5) is 25.7. The number of rotatable bonds is 5. The van der Waals surface area contributed by atoms with Crippen LogP contribution in [0.4, 0.5) is 0 Å². The van der Waals surface area contributed by atoms with Gasteiger partial charge in [-0.05, 0) is 45.0 Å². The first-order valence-corrected chi connectivity index (χ1v) is 7.43. The van der Waals surface area contributed by atoms with E-state index in [0.717, 1.165) is 19.6 Å². The number of carbonyl (C=O) groups excluding carboxylic acids is 1. The molecular formula is C16H22N2O3. The molecule has 5 heteroatoms. The minimum absolute atomic E-state index is 0.00236. The first-order valence-electron chi connectivity index (χ1n) is 7.43. The van der Waals surface area contributed by atoms with Crippen molar-refractivity contribution < 1.29 is 14.7 Å². The average molecular weight is 290 g/mol. The fraction of sp³-hybridized carbons (Fsp3) is 0.500. The summed E-state index contributed by atoms with van der Waals surface area (Å²) < 4.78 is 0. The van der Waals surface area contributed by atoms with E-state index < -0.39 is 5.97 Å². The third-order valence-corrected chi connectivity index (χ3v) is 3.76. The maximum absolute atomic E-state index is 12.2. The molecule has 0 aromatic heterocycles. The van der Waals surface area contributed by atoms with Gasteiger partial charge in [0, 0.05) is 12.6 Å². The molecule has 0 saturated carbocycles. The zero-order valence-electron chi connectivity index (χ0n) is 12.3. The Morgan fingerprint density at radius 3 is 2.43 bits per heavy atom. The lowest BCUT2D eigenvalue weighted by molar-refractivity contribution is 0.0690. The van der Waals surface area contributed by atoms with Crippen LogP contribution in [0.2, 0.25) is 0 Å². The number of hydrogen-bond acceptors (Lipinski definition) is 3. The summed E-state index contributed by atoms with van der Waals surface area (Å²) in [6.07, 6.45) is 3.70. The number of carboxylic acids is 1. The second-order valence-corrected chi connectivity index (χ2v) is 5.59. The van der Waals surface area contributed by atoms with E-state index in [2.05, 4.69) is 10.2 Å². The maximum atomic E-state index is 12.2. The number of amides is 1. The van der Waals surface area contributed by atoms with Crippen molar-refractivity contribution in [2.45, 2.75) is 32.2 Å². The lowest BCUT2D eigenvalue weighted by Gasteiger charge is -2.29. The standard InChI is InChI=1S/C16H22N2O3/c1-12(11-18-9-5-2-6-10-18)17-15(19)13-7-3-4-8-14(13)16(20)21/h3-4,7-8,12H,2,5-6,9-11H2,1H3,(H,17,19)(H,20,21). The topological polar surface area (TPSA) is 69.6 Å². The Kier molecular flexibility index (Phi) is 5.33. The van der Waals surface area contributed by atoms with Crippen molar-refractivity contribution in [1.29, 1.82) is 0 Å². The van der Waals surface area contributed by atoms with Crippen molar-refractivity contribution >= 4 is 11.9 Å². The minimum Gasteiger partial charge on any atom is -0.478 e. The lowest BCUT2D eigenvalue weighted by Crippen LogP contribution is -2.43. The van der Waals surface area contributed by atoms with Gasteiger partial charge in [-0.1, -0.05) is 18.6 Å². The first-order chi connectivity index (χ1) is 10.1. The van der Waals surface area contributed by atoms with E-state index in [-0.39, 0.29) is 23.1 Å². The van der Waals surface area contributed by atoms with Crippen LogP contribution in [-0.2, 0) is 0 Å². The van der Waals surface area contributed by atoms with Crippen molar-refractivity contribution in [1.82, 2.24) is 10.2 Å². The van der Waals surface area contributed by atoms with Gasteiger partial charge in [0.25, 0.3) is 5.91 Å². The highest BCUT2D eigenvalue weighted by Crippen LogP contribution is 2.11. The maximum Gasteiger partial charge on any atom is 0.336 e. The fourth-order valence-electron chi connectivity index (χ4n) is 2.74. The number of piperidine rings is 1. The summed E-state index contributed by atoms with van der Waals surface area (Å²) in [6, 6.07) is 6.30. The zero-order valence-corrected chi connectivity index (χ0v) is 12.3. The van der Waals surface area contributed by atoms with Crippen LogP contribution in [-0.4, -0.2) is 47.6 Å². The van der Waals surface area contributed by atoms with Gasteiger partial charge in [0.1, 0.15) is 0 Å². The van der Waals surface area contributed by atoms with Gasteiger partial charge < -0.3 is 15.3 Å². The molecule has 1 aliphatic rings. The molecule has 0 radical (unpaired) electrons. The molecular weight excluding hydrogens is 268 g/mol. The highest BCUT2D eigenvalue weighted by atomic mass is 16.4. The monoisotopic (exact) mass is 290 g/mol. The van der Waals surface area contributed by atoms with Crippen LogP contribution < -0.4 is 5.32 Å². The second kappa shape index (κ2) is 7.22. The molecule has 1 fully saturated rings. The predicted molar refractivity (Wildman–Crippen MR) is 80.6 cm³/mol. The van der Waals surface area contributed by atoms with Gasteiger partial charge in [-0.25, -0.2) is 4.79 Å². The summed E-state index contributed by atoms with van der Waals surface area (Å²) in [5.74, 6) is -1.40. The van der Waals surface area contributed by atoms with E-state index in [1.807, 2.05) is 6.92 Å². The number of likely N-dealkylation sites (tertiary alicyclic amines) is 1. The van der Waals surface area contributed by atoms with E-state index in [0.29, 0.717) is 0 Å². The Balaban J connectivity index is 1.96. The van der Waals surface area contributed by atoms with Gasteiger partial charge in [-0.15, -0.1) is 0 Å². The van der Waals surface area contributed by atoms with Crippen molar-refractivity contribution in [2.24, 2.45) is 0 Å². The summed E-state index contributed by atoms with van der Waals surface area (Å²) in [5, 5.41) is 12.0. The molecule has 114 valence electrons. The van der Waals surface area contributed by atoms with Gasteiger partial charge >= 0.3 is 5.97 Å². The van der Waals surface area contributed by atoms with Crippen molar-refractivity contribution in [3.63, 3.8) is 0 Å². The number of nitrogens with zero attached hydrogens (tertiary/aromatic N) is 1. The molecule has 21 heavy (non-hydrogen) atoms. The fourth-order valence-corrected chi connectivity index (χ4v) is 2.74. The Labute approximate surface area is 125 Å². The molecule has 1 atom stereocenters. The molecule has 1 heterocycles. The second-order valence-electron chi connectivity index (χ2n) is 5.59. The normalized spacial score (nSPS) is 17.2. The number of carbonyl (C=O) groups is 2. The Morgan fingerprint density at radius 2 is 1.81 bits per heavy atom. The number of carboxylic acid groups (broad SMARTS) is 1. The van der Waals surface area contributed by atoms with Gasteiger partial charge in [0.05, 0.1) is 11.1 Å². The van der Waals surface area contributed by atoms with E-state index in [1.165, 1.54) is 25.3 Å². The van der Waals surface area contributed by atoms with E-state index >= 15 is 0 Å². The van der Waals surface area contributed by atoms with E-state index in [1.54, 1.807) is 18.2 Å². The summed E-state index contributed by atoms with van der Waals surface area (Å²) >= 11 is 0. The molecule has 0 spiro atoms. The highest BCUT2D eigenvalue weighted by molar-refractivity contribution is 6.04. The van der Waals surface area contributed by atoms with Crippen LogP contribution >= 0.6 is 0 Å². The molecule has 1 unspecified atom stereocenters. The minimum atomic E-state index is -1.08. The highest BCUT2D eigenvalue weighted by Gasteiger charge is 2.19. The van der Waals surface area contributed by atoms with Crippen LogP contribution in [0.25, 0.3) is 0 Å². The molecule has 1 saturated heterocycles. The molecule has 2 rings (SSSR count). The third kappa shape index (κ3) is 4.29. The molecule has 0 bridgehead atoms. The van der Waals surface area contributed by atoms with E-state index in [9.17, 15) is 9.59 Å². The van der Waals surface area contributed by atoms with Crippen LogP contribution in [0.1, 0.15) is 46.9 Å². The van der Waals surface area contributed by atoms with Crippen molar-refractivity contribution in [3.05, 3.63) is 35.4 Å². The molecule has 1 amide bonds. The predicted octanol–water partition coefficient (Wildman–Crippen LogP) is 1.99. The van der Waals surface area contributed by atoms with Gasteiger partial charge in [-0.3, -0.25) is 4.79 Å². The Morgan fingerprint density at radius 1 is 1.19 bits per heavy atom. The quantitative estimate of drug-likeness (QED) is 0.870. The Bertz CT molecular complexity index is 510. The zero-order chi connectivity index (χ0) is 15.2. The molecule has 5 nitrogen and oxygen atoms in total. The smallest absolute Gasteiger partial charge is 0.336 e. The number of nitrogens with one attached hydrogen (secondary N) is 1. The van der Waals surface area contributed by atoms with Crippen LogP contribution in [0, 0.1) is 0 Å². The largest absolute Gasteiger partial charge is 0.478 e. The van der Waals surface area contributed by atoms with Crippen molar-refractivity contribution in [2.75, 3.05) is 19.6 Å². The molecule has 1 aromatic rings. The molecule has 2 N–H and O–H groups in total. The number of benzene rings is 1. The van der Waals surface area contributed by atoms with Crippen LogP contribution in [0.5, 0.6) is 0 Å². The van der Waals surface area contributed by atoms with E-state index in [4.69, 9.17) is 5.11 Å². The van der Waals surface area contributed by atoms with Gasteiger partial charge in [0.2, 0.25) is 0 Å². The Hall–Kier alpha value is -1.88. The number of aromatic carboxylic acids is 1. The third-order valence-electron chi connectivity index (χ3n) is 3.76. The molecule has 1 aliphatic heterocycles. The molecule has 1 aromatic carbocycles. The van der Waals surface area contributed by atoms with Crippen LogP contribution in [0.15, 0.2) is 24.3 Å². The van der Waals surface area contributed by atoms with Gasteiger partial charge in [-0.2, -0.15) is 0 Å². The SMILES string of the molecule is CC(CN1CCCCC1)NC(=O)c1ccccc1C(=O)O. The summed E-state index contributed by atoms with van der Waals surface area (Å²) in [7, 11) is 0. The summed E-state index contributed by atoms with van der Waals surface area (Å²) in [5.41, 5.74) is 0.260. The average Bonchev–Trinajstić information content (AvgIpc) is 2.48. The number of hydrogen-bond donors (Lipinski definition) is 2. The van der Waals surface area contributed by atoms with Crippen LogP contribution in [0.3, 0.4) is 0 Å². The molecule has 0 aliphatic carbocycles. The first kappa shape index (κ1) is 15.5.